The van der Waals surface area contributed by atoms with Crippen molar-refractivity contribution in [3.05, 3.63) is 29.3 Å². The lowest BCUT2D eigenvalue weighted by atomic mass is 10.1. The smallest absolute Gasteiger partial charge is 0.123 e. The largest absolute Gasteiger partial charge is 0.496 e. The minimum Gasteiger partial charge on any atom is -0.496 e. The number of hydrogen-bond donors (Lipinski definition) is 1. The van der Waals surface area contributed by atoms with E-state index >= 15 is 0 Å². The monoisotopic (exact) mass is 297 g/mol. The molecule has 0 aliphatic heterocycles. The topological polar surface area (TPSA) is 38.3 Å². The van der Waals surface area contributed by atoms with Crippen molar-refractivity contribution < 1.29 is 8.95 Å². The van der Waals surface area contributed by atoms with Crippen molar-refractivity contribution in [2.24, 2.45) is 0 Å². The molecule has 1 atom stereocenters. The molecule has 4 heteroatoms. The molecule has 1 rings (SSSR count). The Morgan fingerprint density at radius 3 is 2.70 bits per heavy atom. The van der Waals surface area contributed by atoms with Gasteiger partial charge in [0.05, 0.1) is 12.9 Å². The molecule has 3 nitrogen and oxygen atoms in total. The number of hydrogen-bond acceptors (Lipinski definition) is 3. The van der Waals surface area contributed by atoms with Crippen LogP contribution in [0.5, 0.6) is 5.75 Å². The summed E-state index contributed by atoms with van der Waals surface area (Å²) < 4.78 is 17.4. The molecule has 0 saturated heterocycles. The van der Waals surface area contributed by atoms with E-state index in [1.165, 1.54) is 5.56 Å². The third-order valence-electron chi connectivity index (χ3n) is 3.10. The number of methoxy groups -OCH3 is 1. The summed E-state index contributed by atoms with van der Waals surface area (Å²) in [4.78, 5) is 0. The molecule has 20 heavy (non-hydrogen) atoms. The van der Waals surface area contributed by atoms with Crippen LogP contribution in [-0.2, 0) is 23.1 Å². The van der Waals surface area contributed by atoms with Crippen molar-refractivity contribution in [3.8, 4) is 5.75 Å². The SMILES string of the molecule is CCCCS(=O)Cc1cc(CNC(C)C)ccc1OC. The molecule has 0 radical (unpaired) electrons. The third kappa shape index (κ3) is 6.06. The Kier molecular flexibility index (Phi) is 7.85. The molecule has 114 valence electrons. The number of benzene rings is 1. The van der Waals surface area contributed by atoms with Gasteiger partial charge in [-0.05, 0) is 24.1 Å². The molecule has 0 bridgehead atoms. The van der Waals surface area contributed by atoms with Gasteiger partial charge < -0.3 is 10.1 Å². The fraction of sp³-hybridized carbons (Fsp3) is 0.625. The number of nitrogens with one attached hydrogen (secondary N) is 1. The van der Waals surface area contributed by atoms with Crippen LogP contribution in [0.3, 0.4) is 0 Å². The van der Waals surface area contributed by atoms with E-state index in [0.29, 0.717) is 11.8 Å². The van der Waals surface area contributed by atoms with Gasteiger partial charge in [-0.1, -0.05) is 33.3 Å². The lowest BCUT2D eigenvalue weighted by Crippen LogP contribution is -2.21. The van der Waals surface area contributed by atoms with Crippen molar-refractivity contribution in [1.29, 1.82) is 0 Å². The first-order valence-electron chi connectivity index (χ1n) is 7.31. The van der Waals surface area contributed by atoms with Crippen molar-refractivity contribution in [2.45, 2.75) is 52.0 Å². The normalized spacial score (nSPS) is 12.7. The molecule has 1 N–H and O–H groups in total. The Balaban J connectivity index is 2.75. The Morgan fingerprint density at radius 1 is 1.35 bits per heavy atom. The molecule has 0 amide bonds. The van der Waals surface area contributed by atoms with Gasteiger partial charge >= 0.3 is 0 Å². The third-order valence-corrected chi connectivity index (χ3v) is 4.48. The molecule has 1 unspecified atom stereocenters. The van der Waals surface area contributed by atoms with E-state index in [2.05, 4.69) is 38.2 Å². The highest BCUT2D eigenvalue weighted by molar-refractivity contribution is 7.84. The number of rotatable bonds is 9. The quantitative estimate of drug-likeness (QED) is 0.760. The maximum absolute atomic E-state index is 12.1. The van der Waals surface area contributed by atoms with Gasteiger partial charge in [-0.2, -0.15) is 0 Å². The summed E-state index contributed by atoms with van der Waals surface area (Å²) in [7, 11) is 0.862. The lowest BCUT2D eigenvalue weighted by Gasteiger charge is -2.12. The fourth-order valence-electron chi connectivity index (χ4n) is 1.93. The van der Waals surface area contributed by atoms with Crippen molar-refractivity contribution >= 4 is 10.8 Å². The van der Waals surface area contributed by atoms with Gasteiger partial charge in [0.2, 0.25) is 0 Å². The zero-order valence-electron chi connectivity index (χ0n) is 13.1. The van der Waals surface area contributed by atoms with Gasteiger partial charge in [-0.15, -0.1) is 0 Å². The van der Waals surface area contributed by atoms with Crippen LogP contribution in [0.2, 0.25) is 0 Å². The summed E-state index contributed by atoms with van der Waals surface area (Å²) in [6.07, 6.45) is 2.10. The summed E-state index contributed by atoms with van der Waals surface area (Å²) in [6, 6.07) is 6.60. The molecule has 0 aromatic heterocycles. The molecule has 0 heterocycles. The van der Waals surface area contributed by atoms with Crippen LogP contribution in [-0.4, -0.2) is 23.1 Å². The molecule has 1 aromatic rings. The summed E-state index contributed by atoms with van der Waals surface area (Å²) in [5, 5.41) is 3.40. The Bertz CT molecular complexity index is 432. The average molecular weight is 297 g/mol. The second-order valence-electron chi connectivity index (χ2n) is 5.32. The molecule has 0 spiro atoms. The highest BCUT2D eigenvalue weighted by atomic mass is 32.2. The Labute approximate surface area is 125 Å². The predicted molar refractivity (Wildman–Crippen MR) is 86.6 cm³/mol. The molecule has 0 saturated carbocycles. The van der Waals surface area contributed by atoms with E-state index in [4.69, 9.17) is 4.74 Å². The van der Waals surface area contributed by atoms with E-state index < -0.39 is 10.8 Å². The first-order valence-corrected chi connectivity index (χ1v) is 8.79. The van der Waals surface area contributed by atoms with Crippen LogP contribution in [0.25, 0.3) is 0 Å². The van der Waals surface area contributed by atoms with Gasteiger partial charge in [-0.3, -0.25) is 4.21 Å². The first-order chi connectivity index (χ1) is 9.56. The van der Waals surface area contributed by atoms with E-state index in [1.807, 2.05) is 6.07 Å². The van der Waals surface area contributed by atoms with Crippen LogP contribution in [0.1, 0.15) is 44.7 Å². The molecule has 1 aromatic carbocycles. The first kappa shape index (κ1) is 17.2. The van der Waals surface area contributed by atoms with Gasteiger partial charge in [0.25, 0.3) is 0 Å². The number of unbranched alkanes of at least 4 members (excludes halogenated alkanes) is 1. The summed E-state index contributed by atoms with van der Waals surface area (Å²) in [5.74, 6) is 2.19. The summed E-state index contributed by atoms with van der Waals surface area (Å²) in [6.45, 7) is 7.21. The van der Waals surface area contributed by atoms with E-state index in [-0.39, 0.29) is 0 Å². The average Bonchev–Trinajstić information content (AvgIpc) is 2.43. The summed E-state index contributed by atoms with van der Waals surface area (Å²) in [5.41, 5.74) is 2.26. The van der Waals surface area contributed by atoms with Crippen molar-refractivity contribution in [3.63, 3.8) is 0 Å². The lowest BCUT2D eigenvalue weighted by molar-refractivity contribution is 0.411. The van der Waals surface area contributed by atoms with E-state index in [1.54, 1.807) is 7.11 Å². The zero-order valence-corrected chi connectivity index (χ0v) is 13.9. The van der Waals surface area contributed by atoms with Gasteiger partial charge in [0.1, 0.15) is 5.75 Å². The zero-order chi connectivity index (χ0) is 15.0. The van der Waals surface area contributed by atoms with Crippen LogP contribution in [0.15, 0.2) is 18.2 Å². The molecule has 0 fully saturated rings. The Morgan fingerprint density at radius 2 is 2.10 bits per heavy atom. The van der Waals surface area contributed by atoms with E-state index in [9.17, 15) is 4.21 Å². The maximum atomic E-state index is 12.1. The molecule has 0 aliphatic rings. The van der Waals surface area contributed by atoms with Crippen LogP contribution >= 0.6 is 0 Å². The van der Waals surface area contributed by atoms with Crippen molar-refractivity contribution in [2.75, 3.05) is 12.9 Å². The second-order valence-corrected chi connectivity index (χ2v) is 6.90. The fourth-order valence-corrected chi connectivity index (χ4v) is 3.26. The summed E-state index contributed by atoms with van der Waals surface area (Å²) >= 11 is 0. The van der Waals surface area contributed by atoms with Crippen LogP contribution < -0.4 is 10.1 Å². The second kappa shape index (κ2) is 9.14. The Hall–Kier alpha value is -0.870. The molecule has 0 aliphatic carbocycles. The van der Waals surface area contributed by atoms with Gasteiger partial charge in [0.15, 0.2) is 0 Å². The van der Waals surface area contributed by atoms with Crippen LogP contribution in [0.4, 0.5) is 0 Å². The maximum Gasteiger partial charge on any atom is 0.123 e. The predicted octanol–water partition coefficient (Wildman–Crippen LogP) is 3.24. The highest BCUT2D eigenvalue weighted by Crippen LogP contribution is 2.22. The van der Waals surface area contributed by atoms with Gasteiger partial charge in [0, 0.05) is 34.7 Å². The number of ether oxygens (including phenoxy) is 1. The van der Waals surface area contributed by atoms with E-state index in [0.717, 1.165) is 36.5 Å². The molecular formula is C16H27NO2S. The minimum atomic E-state index is -0.804. The standard InChI is InChI=1S/C16H27NO2S/c1-5-6-9-20(18)12-15-10-14(11-17-13(2)3)7-8-16(15)19-4/h7-8,10,13,17H,5-6,9,11-12H2,1-4H3. The van der Waals surface area contributed by atoms with Gasteiger partial charge in [-0.25, -0.2) is 0 Å². The molecular weight excluding hydrogens is 270 g/mol. The van der Waals surface area contributed by atoms with Crippen LogP contribution in [0, 0.1) is 0 Å². The van der Waals surface area contributed by atoms with Crippen molar-refractivity contribution in [1.82, 2.24) is 5.32 Å². The minimum absolute atomic E-state index is 0.458. The highest BCUT2D eigenvalue weighted by Gasteiger charge is 2.09.